The zero-order chi connectivity index (χ0) is 19.9. The second-order valence-electron chi connectivity index (χ2n) is 4.07. The molecular weight excluding hydrogens is 348 g/mol. The van der Waals surface area contributed by atoms with Crippen molar-refractivity contribution in [2.24, 2.45) is 0 Å². The molecular formula is C13H12O12. The summed E-state index contributed by atoms with van der Waals surface area (Å²) in [6.07, 6.45) is 0. The number of aliphatic hydroxyl groups is 2. The van der Waals surface area contributed by atoms with Gasteiger partial charge in [0.25, 0.3) is 0 Å². The predicted octanol–water partition coefficient (Wildman–Crippen LogP) is -0.851. The Morgan fingerprint density at radius 1 is 0.560 bits per heavy atom. The largest absolute Gasteiger partial charge is 0.478 e. The van der Waals surface area contributed by atoms with Crippen molar-refractivity contribution in [3.05, 3.63) is 33.9 Å². The molecule has 136 valence electrons. The smallest absolute Gasteiger partial charge is 0.337 e. The van der Waals surface area contributed by atoms with Crippen molar-refractivity contribution in [3.63, 3.8) is 0 Å². The molecule has 0 fully saturated rings. The summed E-state index contributed by atoms with van der Waals surface area (Å²) >= 11 is 0. The third kappa shape index (κ3) is 4.98. The lowest BCUT2D eigenvalue weighted by Gasteiger charge is -2.12. The Hall–Kier alpha value is -3.51. The van der Waals surface area contributed by atoms with E-state index in [0.29, 0.717) is 6.07 Å². The van der Waals surface area contributed by atoms with Crippen LogP contribution in [0.4, 0.5) is 0 Å². The van der Waals surface area contributed by atoms with Gasteiger partial charge in [0, 0.05) is 0 Å². The number of rotatable bonds is 6. The minimum atomic E-state index is -2.07. The Bertz CT molecular complexity index is 681. The topological polar surface area (TPSA) is 227 Å². The molecule has 0 radical (unpaired) electrons. The molecule has 1 rings (SSSR count). The van der Waals surface area contributed by atoms with Gasteiger partial charge in [0.05, 0.1) is 41.0 Å². The molecule has 1 aromatic rings. The number of carboxylic acid groups (broad SMARTS) is 5. The first-order chi connectivity index (χ1) is 11.5. The van der Waals surface area contributed by atoms with E-state index in [1.807, 2.05) is 0 Å². The lowest BCUT2D eigenvalue weighted by molar-refractivity contribution is 0.0609. The predicted molar refractivity (Wildman–Crippen MR) is 75.4 cm³/mol. The highest BCUT2D eigenvalue weighted by Crippen LogP contribution is 2.25. The maximum Gasteiger partial charge on any atom is 0.337 e. The highest BCUT2D eigenvalue weighted by Gasteiger charge is 2.34. The maximum atomic E-state index is 11.1. The summed E-state index contributed by atoms with van der Waals surface area (Å²) in [5.74, 6) is -9.91. The van der Waals surface area contributed by atoms with Crippen molar-refractivity contribution >= 4 is 29.8 Å². The molecule has 1 aromatic carbocycles. The van der Waals surface area contributed by atoms with Gasteiger partial charge in [-0.2, -0.15) is 0 Å². The average Bonchev–Trinajstić information content (AvgIpc) is 2.52. The molecule has 12 heteroatoms. The molecule has 0 aliphatic carbocycles. The van der Waals surface area contributed by atoms with Gasteiger partial charge in [-0.1, -0.05) is 0 Å². The Morgan fingerprint density at radius 3 is 1.00 bits per heavy atom. The van der Waals surface area contributed by atoms with Gasteiger partial charge >= 0.3 is 29.8 Å². The first-order valence-electron chi connectivity index (χ1n) is 6.10. The molecule has 0 aliphatic rings. The summed E-state index contributed by atoms with van der Waals surface area (Å²) in [5.41, 5.74) is -6.30. The molecule has 0 bridgehead atoms. The van der Waals surface area contributed by atoms with Crippen molar-refractivity contribution in [1.29, 1.82) is 0 Å². The van der Waals surface area contributed by atoms with Crippen LogP contribution in [0.1, 0.15) is 51.8 Å². The molecule has 0 amide bonds. The molecule has 0 atom stereocenters. The van der Waals surface area contributed by atoms with Crippen LogP contribution in [0.25, 0.3) is 0 Å². The van der Waals surface area contributed by atoms with E-state index >= 15 is 0 Å². The minimum Gasteiger partial charge on any atom is -0.478 e. The van der Waals surface area contributed by atoms with Crippen LogP contribution >= 0.6 is 0 Å². The molecule has 25 heavy (non-hydrogen) atoms. The molecule has 0 unspecified atom stereocenters. The van der Waals surface area contributed by atoms with Crippen LogP contribution in [0.3, 0.4) is 0 Å². The van der Waals surface area contributed by atoms with E-state index in [2.05, 4.69) is 0 Å². The Morgan fingerprint density at radius 2 is 0.840 bits per heavy atom. The SMILES string of the molecule is O=C(O)c1cc(C(=O)O)c(C(=O)O)c(C(=O)O)c1C(=O)O.OCCO. The highest BCUT2D eigenvalue weighted by molar-refractivity contribution is 6.17. The maximum absolute atomic E-state index is 11.1. The average molecular weight is 360 g/mol. The number of hydrogen-bond donors (Lipinski definition) is 7. The van der Waals surface area contributed by atoms with Crippen molar-refractivity contribution < 1.29 is 59.7 Å². The van der Waals surface area contributed by atoms with Crippen LogP contribution in [-0.2, 0) is 0 Å². The zero-order valence-corrected chi connectivity index (χ0v) is 12.2. The van der Waals surface area contributed by atoms with Gasteiger partial charge in [-0.25, -0.2) is 24.0 Å². The first kappa shape index (κ1) is 21.5. The molecule has 7 N–H and O–H groups in total. The van der Waals surface area contributed by atoms with E-state index in [-0.39, 0.29) is 13.2 Å². The summed E-state index contributed by atoms with van der Waals surface area (Å²) in [4.78, 5) is 55.1. The van der Waals surface area contributed by atoms with Crippen molar-refractivity contribution in [2.45, 2.75) is 0 Å². The number of aliphatic hydroxyl groups excluding tert-OH is 2. The van der Waals surface area contributed by atoms with Crippen LogP contribution in [0.5, 0.6) is 0 Å². The van der Waals surface area contributed by atoms with Gasteiger partial charge in [0.1, 0.15) is 0 Å². The summed E-state index contributed by atoms with van der Waals surface area (Å²) < 4.78 is 0. The first-order valence-corrected chi connectivity index (χ1v) is 6.10. The molecule has 0 saturated heterocycles. The van der Waals surface area contributed by atoms with E-state index in [0.717, 1.165) is 0 Å². The number of carboxylic acids is 5. The Labute approximate surface area is 137 Å². The van der Waals surface area contributed by atoms with E-state index in [1.54, 1.807) is 0 Å². The van der Waals surface area contributed by atoms with Gasteiger partial charge < -0.3 is 35.7 Å². The summed E-state index contributed by atoms with van der Waals surface area (Å²) in [6.45, 7) is -0.250. The van der Waals surface area contributed by atoms with Crippen LogP contribution in [-0.4, -0.2) is 78.8 Å². The van der Waals surface area contributed by atoms with Crippen LogP contribution < -0.4 is 0 Å². The number of carbonyl (C=O) groups is 5. The minimum absolute atomic E-state index is 0.125. The van der Waals surface area contributed by atoms with Gasteiger partial charge in [-0.15, -0.1) is 0 Å². The number of hydrogen-bond acceptors (Lipinski definition) is 7. The fraction of sp³-hybridized carbons (Fsp3) is 0.154. The summed E-state index contributed by atoms with van der Waals surface area (Å²) in [6, 6.07) is 0.296. The van der Waals surface area contributed by atoms with E-state index in [1.165, 1.54) is 0 Å². The molecule has 12 nitrogen and oxygen atoms in total. The molecule has 0 spiro atoms. The van der Waals surface area contributed by atoms with Gasteiger partial charge in [0.15, 0.2) is 0 Å². The van der Waals surface area contributed by atoms with Gasteiger partial charge in [0.2, 0.25) is 0 Å². The molecule has 0 saturated carbocycles. The third-order valence-electron chi connectivity index (χ3n) is 2.53. The van der Waals surface area contributed by atoms with E-state index in [9.17, 15) is 24.0 Å². The molecule has 0 heterocycles. The lowest BCUT2D eigenvalue weighted by Crippen LogP contribution is -2.23. The lowest BCUT2D eigenvalue weighted by atomic mass is 9.91. The van der Waals surface area contributed by atoms with Crippen molar-refractivity contribution in [3.8, 4) is 0 Å². The second kappa shape index (κ2) is 8.95. The standard InChI is InChI=1S/C11H6O10.C2H6O2/c12-7(13)2-1-3(8(14)15)5(10(18)19)6(11(20)21)4(2)9(16)17;3-1-2-4/h1H,(H,12,13)(H,14,15)(H,16,17)(H,18,19)(H,20,21);3-4H,1-2H2. The monoisotopic (exact) mass is 360 g/mol. The van der Waals surface area contributed by atoms with E-state index in [4.69, 9.17) is 35.7 Å². The normalized spacial score (nSPS) is 9.52. The fourth-order valence-corrected chi connectivity index (χ4v) is 1.68. The quantitative estimate of drug-likeness (QED) is 0.329. The number of aromatic carboxylic acids is 5. The highest BCUT2D eigenvalue weighted by atomic mass is 16.4. The molecule has 0 aromatic heterocycles. The molecule has 0 aliphatic heterocycles. The van der Waals surface area contributed by atoms with Crippen LogP contribution in [0.15, 0.2) is 6.07 Å². The van der Waals surface area contributed by atoms with Gasteiger partial charge in [-0.3, -0.25) is 0 Å². The van der Waals surface area contributed by atoms with Gasteiger partial charge in [-0.05, 0) is 6.07 Å². The summed E-state index contributed by atoms with van der Waals surface area (Å²) in [7, 11) is 0. The number of benzene rings is 1. The Balaban J connectivity index is 0.00000129. The van der Waals surface area contributed by atoms with E-state index < -0.39 is 57.7 Å². The Kier molecular flexibility index (Phi) is 7.69. The zero-order valence-electron chi connectivity index (χ0n) is 12.2. The van der Waals surface area contributed by atoms with Crippen molar-refractivity contribution in [1.82, 2.24) is 0 Å². The van der Waals surface area contributed by atoms with Crippen LogP contribution in [0.2, 0.25) is 0 Å². The third-order valence-corrected chi connectivity index (χ3v) is 2.53. The fourth-order valence-electron chi connectivity index (χ4n) is 1.68. The second-order valence-corrected chi connectivity index (χ2v) is 4.07. The van der Waals surface area contributed by atoms with Crippen LogP contribution in [0, 0.1) is 0 Å². The summed E-state index contributed by atoms with van der Waals surface area (Å²) in [5, 5.41) is 59.7. The van der Waals surface area contributed by atoms with Crippen molar-refractivity contribution in [2.75, 3.05) is 13.2 Å².